The topological polar surface area (TPSA) is 23.6 Å². The molecule has 0 atom stereocenters. The van der Waals surface area contributed by atoms with Gasteiger partial charge in [0.25, 0.3) is 0 Å². The summed E-state index contributed by atoms with van der Waals surface area (Å²) in [6, 6.07) is 24.2. The highest BCUT2D eigenvalue weighted by atomic mass is 16.2. The van der Waals surface area contributed by atoms with Crippen molar-refractivity contribution in [3.8, 4) is 0 Å². The van der Waals surface area contributed by atoms with Gasteiger partial charge in [0, 0.05) is 37.8 Å². The van der Waals surface area contributed by atoms with Crippen molar-refractivity contribution in [2.75, 3.05) is 18.0 Å². The first-order valence-corrected chi connectivity index (χ1v) is 10.9. The molecule has 2 aliphatic rings. The summed E-state index contributed by atoms with van der Waals surface area (Å²) in [6.45, 7) is 2.61. The van der Waals surface area contributed by atoms with Crippen LogP contribution in [0.1, 0.15) is 36.8 Å². The quantitative estimate of drug-likeness (QED) is 0.585. The molecule has 29 heavy (non-hydrogen) atoms. The Morgan fingerprint density at radius 1 is 0.966 bits per heavy atom. The van der Waals surface area contributed by atoms with E-state index >= 15 is 0 Å². The minimum Gasteiger partial charge on any atom is -0.312 e. The monoisotopic (exact) mass is 384 g/mol. The van der Waals surface area contributed by atoms with Gasteiger partial charge in [0.2, 0.25) is 5.91 Å². The van der Waals surface area contributed by atoms with Crippen LogP contribution >= 0.6 is 0 Å². The maximum atomic E-state index is 13.1. The molecule has 0 radical (unpaired) electrons. The van der Waals surface area contributed by atoms with Gasteiger partial charge in [0.15, 0.2) is 0 Å². The summed E-state index contributed by atoms with van der Waals surface area (Å²) in [5.41, 5.74) is 3.79. The second-order valence-electron chi connectivity index (χ2n) is 8.37. The van der Waals surface area contributed by atoms with Crippen LogP contribution in [-0.4, -0.2) is 29.9 Å². The summed E-state index contributed by atoms with van der Waals surface area (Å²) >= 11 is 0. The van der Waals surface area contributed by atoms with E-state index in [9.17, 15) is 4.79 Å². The van der Waals surface area contributed by atoms with Crippen LogP contribution in [0.2, 0.25) is 0 Å². The molecule has 3 heteroatoms. The SMILES string of the molecule is O=C(CCN(Cc1cccc2ccccc12)C1CC1)N1CCCc2ccccc21. The fourth-order valence-electron chi connectivity index (χ4n) is 4.65. The van der Waals surface area contributed by atoms with Crippen LogP contribution < -0.4 is 4.90 Å². The lowest BCUT2D eigenvalue weighted by atomic mass is 10.0. The lowest BCUT2D eigenvalue weighted by Gasteiger charge is -2.30. The van der Waals surface area contributed by atoms with Crippen molar-refractivity contribution in [2.24, 2.45) is 0 Å². The lowest BCUT2D eigenvalue weighted by Crippen LogP contribution is -2.38. The molecule has 148 valence electrons. The van der Waals surface area contributed by atoms with E-state index in [1.165, 1.54) is 34.7 Å². The van der Waals surface area contributed by atoms with Crippen LogP contribution in [0.4, 0.5) is 5.69 Å². The summed E-state index contributed by atoms with van der Waals surface area (Å²) in [5.74, 6) is 0.265. The van der Waals surface area contributed by atoms with E-state index in [-0.39, 0.29) is 5.91 Å². The Labute approximate surface area is 172 Å². The van der Waals surface area contributed by atoms with E-state index in [4.69, 9.17) is 0 Å². The van der Waals surface area contributed by atoms with Gasteiger partial charge >= 0.3 is 0 Å². The van der Waals surface area contributed by atoms with Crippen LogP contribution in [0, 0.1) is 0 Å². The standard InChI is InChI=1S/C26H28N2O/c29-26(28-17-6-11-21-8-2-4-13-25(21)28)16-18-27(23-14-15-23)19-22-10-5-9-20-7-1-3-12-24(20)22/h1-5,7-10,12-13,23H,6,11,14-19H2. The molecule has 3 aromatic rings. The molecule has 1 aliphatic carbocycles. The number of hydrogen-bond acceptors (Lipinski definition) is 2. The molecule has 0 bridgehead atoms. The van der Waals surface area contributed by atoms with E-state index in [2.05, 4.69) is 65.6 Å². The Balaban J connectivity index is 1.29. The second kappa shape index (κ2) is 8.00. The fraction of sp³-hybridized carbons (Fsp3) is 0.346. The Kier molecular flexibility index (Phi) is 5.07. The average Bonchev–Trinajstić information content (AvgIpc) is 3.61. The summed E-state index contributed by atoms with van der Waals surface area (Å²) < 4.78 is 0. The highest BCUT2D eigenvalue weighted by Crippen LogP contribution is 2.31. The van der Waals surface area contributed by atoms with Crippen LogP contribution in [-0.2, 0) is 17.8 Å². The number of nitrogens with zero attached hydrogens (tertiary/aromatic N) is 2. The van der Waals surface area contributed by atoms with Crippen molar-refractivity contribution >= 4 is 22.4 Å². The smallest absolute Gasteiger partial charge is 0.228 e. The number of amides is 1. The molecule has 1 amide bonds. The minimum absolute atomic E-state index is 0.265. The zero-order valence-corrected chi connectivity index (χ0v) is 16.9. The van der Waals surface area contributed by atoms with E-state index in [0.29, 0.717) is 12.5 Å². The maximum Gasteiger partial charge on any atom is 0.228 e. The Morgan fingerprint density at radius 3 is 2.66 bits per heavy atom. The molecule has 1 saturated carbocycles. The number of aryl methyl sites for hydroxylation is 1. The van der Waals surface area contributed by atoms with Crippen molar-refractivity contribution in [1.82, 2.24) is 4.90 Å². The van der Waals surface area contributed by atoms with Gasteiger partial charge in [-0.15, -0.1) is 0 Å². The van der Waals surface area contributed by atoms with Gasteiger partial charge < -0.3 is 4.90 Å². The highest BCUT2D eigenvalue weighted by molar-refractivity contribution is 5.94. The number of carbonyl (C=O) groups is 1. The van der Waals surface area contributed by atoms with Gasteiger partial charge in [0.1, 0.15) is 0 Å². The van der Waals surface area contributed by atoms with E-state index in [1.807, 2.05) is 11.0 Å². The lowest BCUT2D eigenvalue weighted by molar-refractivity contribution is -0.119. The number of para-hydroxylation sites is 1. The molecule has 3 nitrogen and oxygen atoms in total. The molecule has 1 heterocycles. The fourth-order valence-corrected chi connectivity index (χ4v) is 4.65. The first-order chi connectivity index (χ1) is 14.3. The van der Waals surface area contributed by atoms with E-state index in [0.717, 1.165) is 38.2 Å². The average molecular weight is 385 g/mol. The minimum atomic E-state index is 0.265. The van der Waals surface area contributed by atoms with Gasteiger partial charge in [-0.2, -0.15) is 0 Å². The Morgan fingerprint density at radius 2 is 1.76 bits per heavy atom. The third kappa shape index (κ3) is 3.92. The third-order valence-corrected chi connectivity index (χ3v) is 6.34. The summed E-state index contributed by atoms with van der Waals surface area (Å²) in [7, 11) is 0. The molecule has 0 unspecified atom stereocenters. The van der Waals surface area contributed by atoms with Gasteiger partial charge in [-0.25, -0.2) is 0 Å². The summed E-state index contributed by atoms with van der Waals surface area (Å²) in [4.78, 5) is 17.6. The van der Waals surface area contributed by atoms with Crippen molar-refractivity contribution in [2.45, 2.75) is 44.7 Å². The van der Waals surface area contributed by atoms with Crippen molar-refractivity contribution in [3.05, 3.63) is 77.9 Å². The molecule has 1 fully saturated rings. The number of anilines is 1. The zero-order chi connectivity index (χ0) is 19.6. The number of benzene rings is 3. The Hall–Kier alpha value is -2.65. The second-order valence-corrected chi connectivity index (χ2v) is 8.37. The number of fused-ring (bicyclic) bond motifs is 2. The van der Waals surface area contributed by atoms with E-state index in [1.54, 1.807) is 0 Å². The number of hydrogen-bond donors (Lipinski definition) is 0. The largest absolute Gasteiger partial charge is 0.312 e. The van der Waals surface area contributed by atoms with Crippen LogP contribution in [0.15, 0.2) is 66.7 Å². The summed E-state index contributed by atoms with van der Waals surface area (Å²) in [6.07, 6.45) is 5.24. The maximum absolute atomic E-state index is 13.1. The number of rotatable bonds is 6. The molecular formula is C26H28N2O. The molecule has 0 N–H and O–H groups in total. The summed E-state index contributed by atoms with van der Waals surface area (Å²) in [5, 5.41) is 2.62. The van der Waals surface area contributed by atoms with E-state index < -0.39 is 0 Å². The first-order valence-electron chi connectivity index (χ1n) is 10.9. The first kappa shape index (κ1) is 18.4. The van der Waals surface area contributed by atoms with Crippen molar-refractivity contribution in [3.63, 3.8) is 0 Å². The Bertz CT molecular complexity index is 1020. The van der Waals surface area contributed by atoms with Gasteiger partial charge in [-0.3, -0.25) is 9.69 Å². The van der Waals surface area contributed by atoms with Gasteiger partial charge in [-0.1, -0.05) is 60.7 Å². The molecule has 0 spiro atoms. The van der Waals surface area contributed by atoms with Crippen molar-refractivity contribution in [1.29, 1.82) is 0 Å². The molecule has 0 aromatic heterocycles. The van der Waals surface area contributed by atoms with Crippen LogP contribution in [0.25, 0.3) is 10.8 Å². The molecule has 1 aliphatic heterocycles. The van der Waals surface area contributed by atoms with Gasteiger partial charge in [0.05, 0.1) is 0 Å². The number of carbonyl (C=O) groups excluding carboxylic acids is 1. The normalized spacial score (nSPS) is 16.2. The predicted molar refractivity (Wildman–Crippen MR) is 119 cm³/mol. The molecular weight excluding hydrogens is 356 g/mol. The predicted octanol–water partition coefficient (Wildman–Crippen LogP) is 5.17. The molecule has 3 aromatic carbocycles. The molecule has 0 saturated heterocycles. The zero-order valence-electron chi connectivity index (χ0n) is 16.9. The third-order valence-electron chi connectivity index (χ3n) is 6.34. The van der Waals surface area contributed by atoms with Crippen LogP contribution in [0.3, 0.4) is 0 Å². The van der Waals surface area contributed by atoms with Crippen LogP contribution in [0.5, 0.6) is 0 Å². The van der Waals surface area contributed by atoms with Gasteiger partial charge in [-0.05, 0) is 53.6 Å². The molecule has 5 rings (SSSR count). The highest BCUT2D eigenvalue weighted by Gasteiger charge is 2.30. The van der Waals surface area contributed by atoms with Crippen molar-refractivity contribution < 1.29 is 4.79 Å².